The molecule has 1 nitrogen and oxygen atoms in total. The molecule has 0 saturated heterocycles. The molecule has 0 heterocycles. The van der Waals surface area contributed by atoms with E-state index in [1.807, 2.05) is 0 Å². The van der Waals surface area contributed by atoms with Crippen molar-refractivity contribution in [1.82, 2.24) is 0 Å². The van der Waals surface area contributed by atoms with E-state index in [9.17, 15) is 4.79 Å². The molecule has 248 valence electrons. The van der Waals surface area contributed by atoms with E-state index in [-0.39, 0.29) is 11.2 Å². The quantitative estimate of drug-likeness (QED) is 0.167. The largest absolute Gasteiger partial charge is 0.289 e. The third-order valence-electron chi connectivity index (χ3n) is 12.0. The van der Waals surface area contributed by atoms with Gasteiger partial charge in [-0.15, -0.1) is 0 Å². The van der Waals surface area contributed by atoms with Gasteiger partial charge in [-0.2, -0.15) is 0 Å². The highest BCUT2D eigenvalue weighted by molar-refractivity contribution is 6.30. The number of fused-ring (bicyclic) bond motifs is 14. The molecule has 10 aromatic rings. The third-order valence-corrected chi connectivity index (χ3v) is 12.0. The van der Waals surface area contributed by atoms with Crippen LogP contribution in [0.3, 0.4) is 0 Å². The molecule has 0 N–H and O–H groups in total. The Hall–Kier alpha value is -6.57. The fourth-order valence-corrected chi connectivity index (χ4v) is 9.57. The Morgan fingerprint density at radius 2 is 0.623 bits per heavy atom. The molecular weight excluding hydrogens is 641 g/mol. The van der Waals surface area contributed by atoms with Crippen molar-refractivity contribution in [2.45, 2.75) is 19.3 Å². The first-order valence-corrected chi connectivity index (χ1v) is 18.5. The molecule has 0 saturated carbocycles. The lowest BCUT2D eigenvalue weighted by molar-refractivity contribution is 0.103. The maximum absolute atomic E-state index is 14.9. The highest BCUT2D eigenvalue weighted by Gasteiger charge is 2.37. The standard InChI is InChI=1S/C52H34O/c1-52(2)47-27-25-31(33-21-11-23-43-39-15-5-3-13-35(39)37-17-7-9-19-41(37)49(33)43)29-45(47)51(53)46-30-32(26-28-48(46)52)34-22-12-24-44-40-16-6-4-14-36(40)38-18-8-10-20-42(38)50(34)44/h3-30H,1-2H3. The van der Waals surface area contributed by atoms with Gasteiger partial charge >= 0.3 is 0 Å². The molecule has 0 amide bonds. The van der Waals surface area contributed by atoms with Gasteiger partial charge < -0.3 is 0 Å². The van der Waals surface area contributed by atoms with Crippen molar-refractivity contribution >= 4 is 70.4 Å². The molecule has 11 rings (SSSR count). The van der Waals surface area contributed by atoms with Crippen LogP contribution in [0.5, 0.6) is 0 Å². The molecule has 53 heavy (non-hydrogen) atoms. The number of rotatable bonds is 2. The molecule has 0 fully saturated rings. The smallest absolute Gasteiger partial charge is 0.193 e. The monoisotopic (exact) mass is 674 g/mol. The van der Waals surface area contributed by atoms with Gasteiger partial charge in [-0.1, -0.05) is 172 Å². The van der Waals surface area contributed by atoms with Crippen LogP contribution in [-0.4, -0.2) is 5.78 Å². The Morgan fingerprint density at radius 1 is 0.321 bits per heavy atom. The van der Waals surface area contributed by atoms with E-state index >= 15 is 0 Å². The topological polar surface area (TPSA) is 17.1 Å². The Kier molecular flexibility index (Phi) is 6.23. The van der Waals surface area contributed by atoms with Crippen molar-refractivity contribution in [2.24, 2.45) is 0 Å². The molecule has 0 bridgehead atoms. The zero-order valence-corrected chi connectivity index (χ0v) is 29.6. The van der Waals surface area contributed by atoms with Gasteiger partial charge in [-0.25, -0.2) is 0 Å². The van der Waals surface area contributed by atoms with E-state index in [1.165, 1.54) is 64.6 Å². The first kappa shape index (κ1) is 30.1. The average molecular weight is 675 g/mol. The molecule has 0 aliphatic heterocycles. The first-order valence-electron chi connectivity index (χ1n) is 18.5. The predicted octanol–water partition coefficient (Wildman–Crippen LogP) is 13.8. The van der Waals surface area contributed by atoms with Gasteiger partial charge in [-0.05, 0) is 110 Å². The van der Waals surface area contributed by atoms with Gasteiger partial charge in [0, 0.05) is 16.5 Å². The zero-order chi connectivity index (χ0) is 35.4. The van der Waals surface area contributed by atoms with Crippen LogP contribution in [0.25, 0.3) is 86.9 Å². The van der Waals surface area contributed by atoms with Crippen LogP contribution < -0.4 is 0 Å². The highest BCUT2D eigenvalue weighted by Crippen LogP contribution is 2.47. The van der Waals surface area contributed by atoms with Crippen molar-refractivity contribution < 1.29 is 4.79 Å². The van der Waals surface area contributed by atoms with Crippen molar-refractivity contribution in [1.29, 1.82) is 0 Å². The van der Waals surface area contributed by atoms with Crippen LogP contribution in [0.2, 0.25) is 0 Å². The molecule has 1 aliphatic rings. The van der Waals surface area contributed by atoms with Crippen molar-refractivity contribution in [3.63, 3.8) is 0 Å². The van der Waals surface area contributed by atoms with E-state index in [0.29, 0.717) is 0 Å². The van der Waals surface area contributed by atoms with Gasteiger partial charge in [0.2, 0.25) is 0 Å². The number of carbonyl (C=O) groups excluding carboxylic acids is 1. The minimum absolute atomic E-state index is 0.0871. The van der Waals surface area contributed by atoms with Crippen molar-refractivity contribution in [3.8, 4) is 22.3 Å². The summed E-state index contributed by atoms with van der Waals surface area (Å²) in [4.78, 5) is 14.9. The maximum atomic E-state index is 14.9. The lowest BCUT2D eigenvalue weighted by Gasteiger charge is -2.35. The van der Waals surface area contributed by atoms with Gasteiger partial charge in [0.05, 0.1) is 0 Å². The van der Waals surface area contributed by atoms with E-state index in [2.05, 4.69) is 184 Å². The summed E-state index contributed by atoms with van der Waals surface area (Å²) in [7, 11) is 0. The molecular formula is C52H34O. The molecule has 0 spiro atoms. The van der Waals surface area contributed by atoms with Crippen LogP contribution in [-0.2, 0) is 5.41 Å². The minimum atomic E-state index is -0.348. The molecule has 1 heteroatoms. The van der Waals surface area contributed by atoms with Crippen molar-refractivity contribution in [3.05, 3.63) is 192 Å². The average Bonchev–Trinajstić information content (AvgIpc) is 3.22. The van der Waals surface area contributed by atoms with E-state index < -0.39 is 0 Å². The first-order chi connectivity index (χ1) is 26.0. The van der Waals surface area contributed by atoms with Gasteiger partial charge in [0.1, 0.15) is 0 Å². The molecule has 10 aromatic carbocycles. The Bertz CT molecular complexity index is 2910. The predicted molar refractivity (Wildman–Crippen MR) is 224 cm³/mol. The van der Waals surface area contributed by atoms with E-state index in [4.69, 9.17) is 0 Å². The SMILES string of the molecule is CC1(C)c2ccc(-c3cccc4c5ccccc5c5ccccc5c34)cc2C(=O)c2cc(-c3cccc4c5ccccc5c5ccccc5c34)ccc21. The van der Waals surface area contributed by atoms with Gasteiger partial charge in [0.25, 0.3) is 0 Å². The second-order valence-electron chi connectivity index (χ2n) is 15.1. The van der Waals surface area contributed by atoms with Crippen LogP contribution in [0.15, 0.2) is 170 Å². The summed E-state index contributed by atoms with van der Waals surface area (Å²) in [6.45, 7) is 4.51. The van der Waals surface area contributed by atoms with Crippen LogP contribution in [0.4, 0.5) is 0 Å². The fourth-order valence-electron chi connectivity index (χ4n) is 9.57. The lowest BCUT2D eigenvalue weighted by Crippen LogP contribution is -2.30. The summed E-state index contributed by atoms with van der Waals surface area (Å²) in [6.07, 6.45) is 0. The number of hydrogen-bond donors (Lipinski definition) is 0. The summed E-state index contributed by atoms with van der Waals surface area (Å²) in [5, 5.41) is 14.9. The molecule has 0 radical (unpaired) electrons. The number of hydrogen-bond acceptors (Lipinski definition) is 1. The van der Waals surface area contributed by atoms with Crippen LogP contribution >= 0.6 is 0 Å². The molecule has 0 aromatic heterocycles. The summed E-state index contributed by atoms with van der Waals surface area (Å²) in [6, 6.07) is 61.1. The van der Waals surface area contributed by atoms with E-state index in [1.54, 1.807) is 0 Å². The second-order valence-corrected chi connectivity index (χ2v) is 15.1. The Balaban J connectivity index is 1.12. The minimum Gasteiger partial charge on any atom is -0.289 e. The maximum Gasteiger partial charge on any atom is 0.193 e. The normalized spacial score (nSPS) is 13.7. The second kappa shape index (κ2) is 11.0. The van der Waals surface area contributed by atoms with Gasteiger partial charge in [-0.3, -0.25) is 4.79 Å². The summed E-state index contributed by atoms with van der Waals surface area (Å²) >= 11 is 0. The molecule has 0 atom stereocenters. The molecule has 0 unspecified atom stereocenters. The molecule has 1 aliphatic carbocycles. The Morgan fingerprint density at radius 3 is 0.981 bits per heavy atom. The van der Waals surface area contributed by atoms with Gasteiger partial charge in [0.15, 0.2) is 5.78 Å². The third kappa shape index (κ3) is 4.17. The van der Waals surface area contributed by atoms with Crippen LogP contribution in [0, 0.1) is 0 Å². The van der Waals surface area contributed by atoms with Crippen molar-refractivity contribution in [2.75, 3.05) is 0 Å². The summed E-state index contributed by atoms with van der Waals surface area (Å²) in [5.74, 6) is 0.0871. The Labute approximate surface area is 307 Å². The summed E-state index contributed by atoms with van der Waals surface area (Å²) < 4.78 is 0. The van der Waals surface area contributed by atoms with Crippen LogP contribution in [0.1, 0.15) is 40.9 Å². The highest BCUT2D eigenvalue weighted by atomic mass is 16.1. The van der Waals surface area contributed by atoms with E-state index in [0.717, 1.165) is 44.5 Å². The zero-order valence-electron chi connectivity index (χ0n) is 29.6. The number of benzene rings is 10. The number of ketones is 1. The lowest BCUT2D eigenvalue weighted by atomic mass is 9.67. The summed E-state index contributed by atoms with van der Waals surface area (Å²) in [5.41, 5.74) is 7.78. The number of carbonyl (C=O) groups is 1. The fraction of sp³-hybridized carbons (Fsp3) is 0.0577.